The average molecular weight is 791 g/mol. The normalized spacial score (nSPS) is 17.5. The summed E-state index contributed by atoms with van der Waals surface area (Å²) >= 11 is 7.52. The number of esters is 1. The number of methoxy groups -OCH3 is 1. The zero-order valence-corrected chi connectivity index (χ0v) is 31.9. The highest BCUT2D eigenvalue weighted by atomic mass is 35.5. The van der Waals surface area contributed by atoms with Gasteiger partial charge in [-0.2, -0.15) is 0 Å². The summed E-state index contributed by atoms with van der Waals surface area (Å²) in [5.41, 5.74) is 4.15. The summed E-state index contributed by atoms with van der Waals surface area (Å²) in [4.78, 5) is 70.2. The molecular formula is C38H40ClFN8O6S. The highest BCUT2D eigenvalue weighted by molar-refractivity contribution is 7.17. The molecule has 0 saturated carbocycles. The zero-order chi connectivity index (χ0) is 39.0. The summed E-state index contributed by atoms with van der Waals surface area (Å²) in [7, 11) is 1.32. The van der Waals surface area contributed by atoms with E-state index in [1.165, 1.54) is 35.5 Å². The number of halogens is 2. The summed E-state index contributed by atoms with van der Waals surface area (Å²) in [6.45, 7) is 4.74. The van der Waals surface area contributed by atoms with Crippen molar-refractivity contribution in [1.29, 1.82) is 0 Å². The number of hydrogen-bond acceptors (Lipinski definition) is 11. The van der Waals surface area contributed by atoms with Crippen LogP contribution in [-0.2, 0) is 25.7 Å². The highest BCUT2D eigenvalue weighted by Crippen LogP contribution is 2.40. The fourth-order valence-electron chi connectivity index (χ4n) is 7.20. The van der Waals surface area contributed by atoms with Gasteiger partial charge in [-0.3, -0.25) is 38.8 Å². The number of carbonyl (C=O) groups excluding carboxylic acids is 5. The number of benzene rings is 2. The van der Waals surface area contributed by atoms with Gasteiger partial charge in [0.2, 0.25) is 11.8 Å². The van der Waals surface area contributed by atoms with Crippen LogP contribution in [0.5, 0.6) is 0 Å². The predicted molar refractivity (Wildman–Crippen MR) is 204 cm³/mol. The van der Waals surface area contributed by atoms with Crippen molar-refractivity contribution in [1.82, 2.24) is 30.3 Å². The number of anilines is 1. The van der Waals surface area contributed by atoms with E-state index in [0.29, 0.717) is 64.4 Å². The highest BCUT2D eigenvalue weighted by Gasteiger charge is 2.40. The second-order valence-electron chi connectivity index (χ2n) is 13.6. The lowest BCUT2D eigenvalue weighted by atomic mass is 9.99. The Kier molecular flexibility index (Phi) is 10.8. The largest absolute Gasteiger partial charge is 0.469 e. The van der Waals surface area contributed by atoms with Gasteiger partial charge >= 0.3 is 5.97 Å². The molecule has 14 nitrogen and oxygen atoms in total. The topological polar surface area (TPSA) is 177 Å². The number of aliphatic imine (C=N–C) groups is 1. The van der Waals surface area contributed by atoms with E-state index in [9.17, 15) is 28.4 Å². The third kappa shape index (κ3) is 7.48. The molecule has 2 aromatic carbocycles. The van der Waals surface area contributed by atoms with Crippen LogP contribution >= 0.6 is 22.9 Å². The lowest BCUT2D eigenvalue weighted by molar-refractivity contribution is -0.141. The Balaban J connectivity index is 0.00000532. The maximum Gasteiger partial charge on any atom is 0.308 e. The number of carbonyl (C=O) groups is 5. The first kappa shape index (κ1) is 37.8. The standard InChI is InChI=1S/C38H38ClFN8O6S.H2/c1-19-31-32(21-7-9-22(39)10-8-21)43-27(17-30(50)54-3)34-46-45-20(2)48(34)38(31)55-33(19)36(52)42-14-6-4-5-13-41-26-16-23(40)15-24-25(26)18-47(37(24)53)28-11-12-29(49)44-35(28)51;/h7-10,15-16,27-28,41H,4-6,11-14,17-18H2,1-3H3,(H,42,52)(H,44,49,51);1H/t27-,28?;/m0./s1. The zero-order valence-electron chi connectivity index (χ0n) is 30.3. The molecule has 1 fully saturated rings. The number of rotatable bonds is 12. The minimum Gasteiger partial charge on any atom is -0.469 e. The van der Waals surface area contributed by atoms with Gasteiger partial charge in [0, 0.05) is 60.4 Å². The number of thiophene rings is 1. The number of hydrogen-bond donors (Lipinski definition) is 3. The van der Waals surface area contributed by atoms with Gasteiger partial charge in [0.1, 0.15) is 28.7 Å². The molecular weight excluding hydrogens is 751 g/mol. The first-order chi connectivity index (χ1) is 26.4. The minimum absolute atomic E-state index is 0. The summed E-state index contributed by atoms with van der Waals surface area (Å²) in [5.74, 6) is -1.52. The molecule has 0 aliphatic carbocycles. The van der Waals surface area contributed by atoms with Gasteiger partial charge < -0.3 is 20.3 Å². The number of aromatic nitrogens is 3. The summed E-state index contributed by atoms with van der Waals surface area (Å²) in [6, 6.07) is 8.29. The minimum atomic E-state index is -0.787. The van der Waals surface area contributed by atoms with Crippen LogP contribution < -0.4 is 16.0 Å². The van der Waals surface area contributed by atoms with E-state index >= 15 is 0 Å². The molecule has 2 atom stereocenters. The van der Waals surface area contributed by atoms with E-state index in [1.54, 1.807) is 12.1 Å². The molecule has 3 aliphatic heterocycles. The van der Waals surface area contributed by atoms with Gasteiger partial charge in [-0.1, -0.05) is 23.7 Å². The molecule has 0 bridgehead atoms. The Morgan fingerprint density at radius 3 is 2.60 bits per heavy atom. The van der Waals surface area contributed by atoms with Crippen LogP contribution in [0.4, 0.5) is 10.1 Å². The Bertz CT molecular complexity index is 2260. The van der Waals surface area contributed by atoms with Crippen LogP contribution in [0.25, 0.3) is 5.00 Å². The first-order valence-corrected chi connectivity index (χ1v) is 19.1. The van der Waals surface area contributed by atoms with Crippen LogP contribution in [0, 0.1) is 19.7 Å². The van der Waals surface area contributed by atoms with Gasteiger partial charge in [0.15, 0.2) is 5.82 Å². The number of amides is 4. The van der Waals surface area contributed by atoms with Gasteiger partial charge in [-0.25, -0.2) is 4.39 Å². The fourth-order valence-corrected chi connectivity index (χ4v) is 8.60. The number of imide groups is 1. The molecule has 5 heterocycles. The SMILES string of the molecule is COC(=O)C[C@@H]1N=C(c2ccc(Cl)cc2)c2c(sc(C(=O)NCCCCCNc3cc(F)cc4c3CN(C3CCC(=O)NC3=O)C4=O)c2C)-n2c(C)nnc21.[HH]. The quantitative estimate of drug-likeness (QED) is 0.0988. The van der Waals surface area contributed by atoms with Gasteiger partial charge in [-0.15, -0.1) is 21.5 Å². The van der Waals surface area contributed by atoms with Crippen LogP contribution in [-0.4, -0.2) is 81.2 Å². The Hall–Kier alpha value is -5.48. The predicted octanol–water partition coefficient (Wildman–Crippen LogP) is 5.21. The van der Waals surface area contributed by atoms with Crippen LogP contribution in [0.2, 0.25) is 5.02 Å². The number of nitrogens with one attached hydrogen (secondary N) is 3. The Morgan fingerprint density at radius 2 is 1.85 bits per heavy atom. The number of aryl methyl sites for hydroxylation is 1. The molecule has 7 rings (SSSR count). The summed E-state index contributed by atoms with van der Waals surface area (Å²) < 4.78 is 21.4. The second-order valence-corrected chi connectivity index (χ2v) is 15.0. The van der Waals surface area contributed by atoms with Crippen molar-refractivity contribution in [3.8, 4) is 5.00 Å². The van der Waals surface area contributed by atoms with Crippen LogP contribution in [0.15, 0.2) is 41.4 Å². The maximum absolute atomic E-state index is 14.6. The molecule has 4 amide bonds. The van der Waals surface area contributed by atoms with Gasteiger partial charge in [-0.05, 0) is 69.4 Å². The smallest absolute Gasteiger partial charge is 0.308 e. The molecule has 55 heavy (non-hydrogen) atoms. The van der Waals surface area contributed by atoms with Crippen LogP contribution in [0.1, 0.15) is 99.9 Å². The van der Waals surface area contributed by atoms with Crippen molar-refractivity contribution in [3.05, 3.63) is 91.6 Å². The second kappa shape index (κ2) is 15.7. The van der Waals surface area contributed by atoms with Crippen LogP contribution in [0.3, 0.4) is 0 Å². The lowest BCUT2D eigenvalue weighted by Gasteiger charge is -2.29. The van der Waals surface area contributed by atoms with E-state index in [4.69, 9.17) is 21.3 Å². The Morgan fingerprint density at radius 1 is 1.09 bits per heavy atom. The number of nitrogens with zero attached hydrogens (tertiary/aromatic N) is 5. The number of unbranched alkanes of at least 4 members (excludes halogenated alkanes) is 2. The number of fused-ring (bicyclic) bond motifs is 4. The van der Waals surface area contributed by atoms with Crippen molar-refractivity contribution in [2.75, 3.05) is 25.5 Å². The fraction of sp³-hybridized carbons (Fsp3) is 0.368. The number of piperidine rings is 1. The van der Waals surface area contributed by atoms with Gasteiger partial charge in [0.25, 0.3) is 11.8 Å². The molecule has 288 valence electrons. The lowest BCUT2D eigenvalue weighted by Crippen LogP contribution is -2.52. The molecule has 4 aromatic rings. The van der Waals surface area contributed by atoms with E-state index in [2.05, 4.69) is 26.1 Å². The maximum atomic E-state index is 14.6. The first-order valence-electron chi connectivity index (χ1n) is 17.9. The van der Waals surface area contributed by atoms with Crippen molar-refractivity contribution in [2.24, 2.45) is 4.99 Å². The van der Waals surface area contributed by atoms with Gasteiger partial charge in [0.05, 0.1) is 24.1 Å². The molecule has 2 aromatic heterocycles. The molecule has 3 aliphatic rings. The third-order valence-corrected chi connectivity index (χ3v) is 11.5. The van der Waals surface area contributed by atoms with E-state index < -0.39 is 35.7 Å². The average Bonchev–Trinajstić information content (AvgIpc) is 3.78. The molecule has 1 unspecified atom stereocenters. The summed E-state index contributed by atoms with van der Waals surface area (Å²) in [5, 5.41) is 18.5. The Labute approximate surface area is 326 Å². The molecule has 0 spiro atoms. The van der Waals surface area contributed by atoms with E-state index in [1.807, 2.05) is 30.5 Å². The summed E-state index contributed by atoms with van der Waals surface area (Å²) in [6.07, 6.45) is 2.46. The molecule has 1 saturated heterocycles. The number of ether oxygens (including phenoxy) is 1. The van der Waals surface area contributed by atoms with E-state index in [-0.39, 0.29) is 44.6 Å². The molecule has 3 N–H and O–H groups in total. The van der Waals surface area contributed by atoms with Crippen molar-refractivity contribution in [2.45, 2.75) is 71.0 Å². The van der Waals surface area contributed by atoms with Crippen molar-refractivity contribution < 1.29 is 34.5 Å². The van der Waals surface area contributed by atoms with E-state index in [0.717, 1.165) is 28.1 Å². The monoisotopic (exact) mass is 790 g/mol. The molecule has 0 radical (unpaired) electrons. The third-order valence-electron chi connectivity index (χ3n) is 9.99. The molecule has 17 heteroatoms. The van der Waals surface area contributed by atoms with Crippen molar-refractivity contribution in [3.63, 3.8) is 0 Å². The van der Waals surface area contributed by atoms with Crippen molar-refractivity contribution >= 4 is 63.9 Å².